The molecule has 0 radical (unpaired) electrons. The van der Waals surface area contributed by atoms with E-state index in [4.69, 9.17) is 11.6 Å². The molecule has 1 aromatic carbocycles. The van der Waals surface area contributed by atoms with Crippen LogP contribution in [0, 0.1) is 0 Å². The van der Waals surface area contributed by atoms with Gasteiger partial charge in [-0.15, -0.1) is 0 Å². The highest BCUT2D eigenvalue weighted by Gasteiger charge is 2.17. The number of benzene rings is 1. The molecule has 2 nitrogen and oxygen atoms in total. The fourth-order valence-electron chi connectivity index (χ4n) is 0.947. The summed E-state index contributed by atoms with van der Waals surface area (Å²) in [6.45, 7) is 3.09. The third kappa shape index (κ3) is 2.66. The molecule has 2 unspecified atom stereocenters. The van der Waals surface area contributed by atoms with Gasteiger partial charge in [-0.25, -0.2) is 0 Å². The van der Waals surface area contributed by atoms with Crippen molar-refractivity contribution in [3.05, 3.63) is 29.3 Å². The number of Topliss-reactive ketones (excluding diaryl/α,β-unsaturated/α-hetero) is 1. The lowest BCUT2D eigenvalue weighted by Gasteiger charge is -2.07. The maximum atomic E-state index is 11.8. The van der Waals surface area contributed by atoms with Crippen LogP contribution in [-0.2, 0) is 15.6 Å². The first kappa shape index (κ1) is 11.4. The van der Waals surface area contributed by atoms with Crippen LogP contribution in [-0.4, -0.2) is 15.2 Å². The van der Waals surface area contributed by atoms with Gasteiger partial charge in [0.1, 0.15) is 5.78 Å². The normalized spacial score (nSPS) is 14.8. The zero-order valence-corrected chi connectivity index (χ0v) is 9.56. The number of halogens is 1. The molecule has 0 heterocycles. The number of ketones is 1. The van der Waals surface area contributed by atoms with Crippen LogP contribution in [0.4, 0.5) is 0 Å². The minimum Gasteiger partial charge on any atom is -0.299 e. The van der Waals surface area contributed by atoms with E-state index in [0.29, 0.717) is 9.92 Å². The van der Waals surface area contributed by atoms with E-state index in [1.54, 1.807) is 31.2 Å². The highest BCUT2D eigenvalue weighted by atomic mass is 35.5. The van der Waals surface area contributed by atoms with E-state index < -0.39 is 16.0 Å². The highest BCUT2D eigenvalue weighted by molar-refractivity contribution is 7.86. The molecule has 0 aromatic heterocycles. The Labute approximate surface area is 90.7 Å². The molecule has 0 N–H and O–H groups in total. The first-order valence-electron chi connectivity index (χ1n) is 4.19. The van der Waals surface area contributed by atoms with Gasteiger partial charge in [0.25, 0.3) is 0 Å². The first-order chi connectivity index (χ1) is 6.52. The summed E-state index contributed by atoms with van der Waals surface area (Å²) >= 11 is 5.75. The quantitative estimate of drug-likeness (QED) is 0.799. The molecule has 1 rings (SSSR count). The SMILES string of the molecule is CC(=O)C(C)S(=O)c1cccc(Cl)c1. The Hall–Kier alpha value is -0.670. The number of rotatable bonds is 3. The fraction of sp³-hybridized carbons (Fsp3) is 0.300. The number of carbonyl (C=O) groups is 1. The topological polar surface area (TPSA) is 34.1 Å². The lowest BCUT2D eigenvalue weighted by atomic mass is 10.3. The van der Waals surface area contributed by atoms with Crippen molar-refractivity contribution in [3.8, 4) is 0 Å². The maximum Gasteiger partial charge on any atom is 0.145 e. The van der Waals surface area contributed by atoms with E-state index in [1.165, 1.54) is 6.92 Å². The van der Waals surface area contributed by atoms with Crippen molar-refractivity contribution < 1.29 is 9.00 Å². The Kier molecular flexibility index (Phi) is 3.84. The van der Waals surface area contributed by atoms with Gasteiger partial charge in [0, 0.05) is 9.92 Å². The van der Waals surface area contributed by atoms with Crippen LogP contribution in [0.1, 0.15) is 13.8 Å². The third-order valence-corrected chi connectivity index (χ3v) is 3.85. The highest BCUT2D eigenvalue weighted by Crippen LogP contribution is 2.16. The van der Waals surface area contributed by atoms with E-state index in [1.807, 2.05) is 0 Å². The first-order valence-corrected chi connectivity index (χ1v) is 5.78. The van der Waals surface area contributed by atoms with E-state index in [-0.39, 0.29) is 5.78 Å². The molecule has 0 saturated carbocycles. The monoisotopic (exact) mass is 230 g/mol. The second kappa shape index (κ2) is 4.71. The zero-order valence-electron chi connectivity index (χ0n) is 7.99. The van der Waals surface area contributed by atoms with Gasteiger partial charge < -0.3 is 0 Å². The Balaban J connectivity index is 2.95. The molecule has 0 saturated heterocycles. The number of carbonyl (C=O) groups excluding carboxylic acids is 1. The summed E-state index contributed by atoms with van der Waals surface area (Å²) in [4.78, 5) is 11.6. The average Bonchev–Trinajstić information content (AvgIpc) is 2.15. The molecule has 0 aliphatic carbocycles. The van der Waals surface area contributed by atoms with Crippen molar-refractivity contribution in [2.45, 2.75) is 24.0 Å². The van der Waals surface area contributed by atoms with Crippen LogP contribution in [0.5, 0.6) is 0 Å². The fourth-order valence-corrected chi connectivity index (χ4v) is 2.37. The molecular formula is C10H11ClO2S. The summed E-state index contributed by atoms with van der Waals surface area (Å²) in [7, 11) is -1.30. The predicted octanol–water partition coefficient (Wildman–Crippen LogP) is 2.43. The van der Waals surface area contributed by atoms with Crippen molar-refractivity contribution in [1.29, 1.82) is 0 Å². The van der Waals surface area contributed by atoms with Crippen LogP contribution in [0.15, 0.2) is 29.2 Å². The van der Waals surface area contributed by atoms with Gasteiger partial charge in [-0.2, -0.15) is 0 Å². The van der Waals surface area contributed by atoms with Crippen molar-refractivity contribution in [3.63, 3.8) is 0 Å². The second-order valence-electron chi connectivity index (χ2n) is 3.01. The van der Waals surface area contributed by atoms with Gasteiger partial charge in [0.2, 0.25) is 0 Å². The summed E-state index contributed by atoms with van der Waals surface area (Å²) in [5, 5.41) is 0.0556. The van der Waals surface area contributed by atoms with Crippen LogP contribution in [0.3, 0.4) is 0 Å². The van der Waals surface area contributed by atoms with E-state index in [0.717, 1.165) is 0 Å². The van der Waals surface area contributed by atoms with Gasteiger partial charge in [0.15, 0.2) is 0 Å². The smallest absolute Gasteiger partial charge is 0.145 e. The summed E-state index contributed by atoms with van der Waals surface area (Å²) < 4.78 is 11.8. The van der Waals surface area contributed by atoms with Crippen molar-refractivity contribution in [2.75, 3.05) is 0 Å². The Morgan fingerprint density at radius 3 is 2.64 bits per heavy atom. The second-order valence-corrected chi connectivity index (χ2v) is 5.22. The van der Waals surface area contributed by atoms with Crippen LogP contribution in [0.25, 0.3) is 0 Å². The van der Waals surface area contributed by atoms with E-state index in [2.05, 4.69) is 0 Å². The molecule has 14 heavy (non-hydrogen) atoms. The molecule has 0 spiro atoms. The van der Waals surface area contributed by atoms with Crippen LogP contribution >= 0.6 is 11.6 Å². The summed E-state index contributed by atoms with van der Waals surface area (Å²) in [6.07, 6.45) is 0. The van der Waals surface area contributed by atoms with Gasteiger partial charge in [0.05, 0.1) is 16.0 Å². The maximum absolute atomic E-state index is 11.8. The van der Waals surface area contributed by atoms with Crippen molar-refractivity contribution >= 4 is 28.2 Å². The lowest BCUT2D eigenvalue weighted by molar-refractivity contribution is -0.116. The van der Waals surface area contributed by atoms with Crippen molar-refractivity contribution in [1.82, 2.24) is 0 Å². The van der Waals surface area contributed by atoms with E-state index in [9.17, 15) is 9.00 Å². The molecule has 76 valence electrons. The van der Waals surface area contributed by atoms with Gasteiger partial charge in [-0.1, -0.05) is 17.7 Å². The minimum absolute atomic E-state index is 0.0803. The number of hydrogen-bond donors (Lipinski definition) is 0. The van der Waals surface area contributed by atoms with E-state index >= 15 is 0 Å². The average molecular weight is 231 g/mol. The summed E-state index contributed by atoms with van der Waals surface area (Å²) in [5.74, 6) is -0.0803. The van der Waals surface area contributed by atoms with Crippen molar-refractivity contribution in [2.24, 2.45) is 0 Å². The molecular weight excluding hydrogens is 220 g/mol. The standard InChI is InChI=1S/C10H11ClO2S/c1-7(12)8(2)14(13)10-5-3-4-9(11)6-10/h3-6,8H,1-2H3. The molecule has 0 aliphatic rings. The Bertz CT molecular complexity index is 376. The largest absolute Gasteiger partial charge is 0.299 e. The van der Waals surface area contributed by atoms with Gasteiger partial charge in [-0.05, 0) is 32.0 Å². The Morgan fingerprint density at radius 2 is 2.14 bits per heavy atom. The number of hydrogen-bond acceptors (Lipinski definition) is 2. The third-order valence-electron chi connectivity index (χ3n) is 1.92. The van der Waals surface area contributed by atoms with Gasteiger partial charge in [-0.3, -0.25) is 9.00 Å². The van der Waals surface area contributed by atoms with Gasteiger partial charge >= 0.3 is 0 Å². The predicted molar refractivity (Wildman–Crippen MR) is 58.0 cm³/mol. The summed E-state index contributed by atoms with van der Waals surface area (Å²) in [6, 6.07) is 6.77. The molecule has 4 heteroatoms. The molecule has 1 aromatic rings. The molecule has 2 atom stereocenters. The summed E-state index contributed by atoms with van der Waals surface area (Å²) in [5.41, 5.74) is 0. The molecule has 0 fully saturated rings. The minimum atomic E-state index is -1.30. The molecule has 0 aliphatic heterocycles. The Morgan fingerprint density at radius 1 is 1.50 bits per heavy atom. The molecule has 0 bridgehead atoms. The lowest BCUT2D eigenvalue weighted by Crippen LogP contribution is -2.19. The molecule has 0 amide bonds. The van der Waals surface area contributed by atoms with Crippen LogP contribution in [0.2, 0.25) is 5.02 Å². The van der Waals surface area contributed by atoms with Crippen LogP contribution < -0.4 is 0 Å². The zero-order chi connectivity index (χ0) is 10.7.